The molecule has 0 aliphatic heterocycles. The lowest BCUT2D eigenvalue weighted by Gasteiger charge is -2.18. The molecule has 1 N–H and O–H groups in total. The molecule has 0 bridgehead atoms. The van der Waals surface area contributed by atoms with E-state index in [1.165, 1.54) is 12.8 Å². The van der Waals surface area contributed by atoms with Gasteiger partial charge in [0.1, 0.15) is 0 Å². The number of hydrogen-bond donors (Lipinski definition) is 1. The number of aryl methyl sites for hydroxylation is 1. The smallest absolute Gasteiger partial charge is 0.0692 e. The second-order valence-corrected chi connectivity index (χ2v) is 6.13. The largest absolute Gasteiger partial charge is 0.314 e. The van der Waals surface area contributed by atoms with E-state index in [9.17, 15) is 0 Å². The third-order valence-corrected chi connectivity index (χ3v) is 3.78. The number of nitrogens with one attached hydrogen (secondary N) is 1. The van der Waals surface area contributed by atoms with Crippen molar-refractivity contribution in [2.75, 3.05) is 6.54 Å². The molecule has 1 aliphatic rings. The fourth-order valence-electron chi connectivity index (χ4n) is 3.05. The average molecular weight is 236 g/mol. The van der Waals surface area contributed by atoms with Gasteiger partial charge < -0.3 is 5.32 Å². The fourth-order valence-corrected chi connectivity index (χ4v) is 3.05. The molecular formula is C13H24N4. The maximum Gasteiger partial charge on any atom is 0.0692 e. The summed E-state index contributed by atoms with van der Waals surface area (Å²) in [6, 6.07) is 0.695. The monoisotopic (exact) mass is 236 g/mol. The molecule has 4 heteroatoms. The average Bonchev–Trinajstić information content (AvgIpc) is 2.81. The van der Waals surface area contributed by atoms with Gasteiger partial charge in [-0.15, -0.1) is 5.10 Å². The van der Waals surface area contributed by atoms with Crippen molar-refractivity contribution in [1.29, 1.82) is 0 Å². The Hall–Kier alpha value is -0.900. The van der Waals surface area contributed by atoms with E-state index in [-0.39, 0.29) is 0 Å². The predicted molar refractivity (Wildman–Crippen MR) is 68.6 cm³/mol. The van der Waals surface area contributed by atoms with Crippen LogP contribution in [-0.4, -0.2) is 27.6 Å². The van der Waals surface area contributed by atoms with E-state index in [4.69, 9.17) is 0 Å². The van der Waals surface area contributed by atoms with Crippen LogP contribution in [-0.2, 0) is 6.54 Å². The molecule has 0 unspecified atom stereocenters. The highest BCUT2D eigenvalue weighted by molar-refractivity contribution is 4.90. The zero-order chi connectivity index (χ0) is 12.3. The zero-order valence-electron chi connectivity index (χ0n) is 11.2. The van der Waals surface area contributed by atoms with Gasteiger partial charge in [0.15, 0.2) is 0 Å². The summed E-state index contributed by atoms with van der Waals surface area (Å²) in [7, 11) is 0. The van der Waals surface area contributed by atoms with E-state index in [0.717, 1.165) is 25.4 Å². The van der Waals surface area contributed by atoms with Crippen LogP contribution in [0.25, 0.3) is 0 Å². The molecular weight excluding hydrogens is 212 g/mol. The highest BCUT2D eigenvalue weighted by Gasteiger charge is 2.35. The van der Waals surface area contributed by atoms with E-state index >= 15 is 0 Å². The van der Waals surface area contributed by atoms with Crippen molar-refractivity contribution < 1.29 is 0 Å². The molecule has 1 aliphatic carbocycles. The number of nitrogens with zero attached hydrogens (tertiary/aromatic N) is 3. The molecule has 1 saturated carbocycles. The van der Waals surface area contributed by atoms with Crippen LogP contribution in [0.15, 0.2) is 12.4 Å². The van der Waals surface area contributed by atoms with Crippen LogP contribution in [0.1, 0.15) is 40.0 Å². The first kappa shape index (κ1) is 12.6. The van der Waals surface area contributed by atoms with Gasteiger partial charge >= 0.3 is 0 Å². The van der Waals surface area contributed by atoms with Crippen molar-refractivity contribution >= 4 is 0 Å². The van der Waals surface area contributed by atoms with Crippen LogP contribution in [0.2, 0.25) is 0 Å². The molecule has 0 radical (unpaired) electrons. The van der Waals surface area contributed by atoms with E-state index in [1.807, 2.05) is 10.9 Å². The molecule has 1 heterocycles. The topological polar surface area (TPSA) is 42.7 Å². The molecule has 0 saturated heterocycles. The molecule has 1 fully saturated rings. The summed E-state index contributed by atoms with van der Waals surface area (Å²) in [4.78, 5) is 0. The van der Waals surface area contributed by atoms with E-state index in [0.29, 0.717) is 11.5 Å². The summed E-state index contributed by atoms with van der Waals surface area (Å²) in [6.45, 7) is 9.15. The summed E-state index contributed by atoms with van der Waals surface area (Å²) in [5.41, 5.74) is 0.517. The Morgan fingerprint density at radius 3 is 2.82 bits per heavy atom. The third-order valence-electron chi connectivity index (χ3n) is 3.78. The van der Waals surface area contributed by atoms with Crippen LogP contribution in [0.5, 0.6) is 0 Å². The maximum absolute atomic E-state index is 3.96. The Morgan fingerprint density at radius 1 is 1.41 bits per heavy atom. The molecule has 4 nitrogen and oxygen atoms in total. The first-order chi connectivity index (χ1) is 8.07. The molecule has 1 aromatic rings. The summed E-state index contributed by atoms with van der Waals surface area (Å²) in [5, 5.41) is 11.5. The summed E-state index contributed by atoms with van der Waals surface area (Å²) in [6.07, 6.45) is 7.41. The Bertz CT molecular complexity index is 331. The summed E-state index contributed by atoms with van der Waals surface area (Å²) >= 11 is 0. The van der Waals surface area contributed by atoms with Gasteiger partial charge in [-0.1, -0.05) is 26.0 Å². The molecule has 0 spiro atoms. The highest BCUT2D eigenvalue weighted by Crippen LogP contribution is 2.40. The standard InChI is InChI=1S/C13H24N4/c1-11-9-13(2,3)10-12(11)14-5-4-7-17-8-6-15-16-17/h6,8,11-12,14H,4-5,7,9-10H2,1-3H3/t11-,12+/m1/s1. The van der Waals surface area contributed by atoms with Gasteiger partial charge in [0.05, 0.1) is 6.20 Å². The van der Waals surface area contributed by atoms with Gasteiger partial charge in [-0.05, 0) is 37.1 Å². The summed E-state index contributed by atoms with van der Waals surface area (Å²) < 4.78 is 1.89. The molecule has 0 amide bonds. The summed E-state index contributed by atoms with van der Waals surface area (Å²) in [5.74, 6) is 0.802. The molecule has 2 rings (SSSR count). The Labute approximate surface area is 104 Å². The van der Waals surface area contributed by atoms with Gasteiger partial charge in [-0.2, -0.15) is 0 Å². The Morgan fingerprint density at radius 2 is 2.24 bits per heavy atom. The van der Waals surface area contributed by atoms with Gasteiger partial charge in [-0.25, -0.2) is 0 Å². The van der Waals surface area contributed by atoms with E-state index < -0.39 is 0 Å². The quantitative estimate of drug-likeness (QED) is 0.796. The molecule has 96 valence electrons. The molecule has 1 aromatic heterocycles. The van der Waals surface area contributed by atoms with Crippen molar-refractivity contribution in [3.05, 3.63) is 12.4 Å². The van der Waals surface area contributed by atoms with Crippen molar-refractivity contribution in [3.63, 3.8) is 0 Å². The number of aromatic nitrogens is 3. The maximum atomic E-state index is 3.96. The first-order valence-corrected chi connectivity index (χ1v) is 6.64. The molecule has 0 aromatic carbocycles. The van der Waals surface area contributed by atoms with Crippen LogP contribution in [0.4, 0.5) is 0 Å². The minimum absolute atomic E-state index is 0.517. The van der Waals surface area contributed by atoms with Crippen LogP contribution >= 0.6 is 0 Å². The van der Waals surface area contributed by atoms with E-state index in [1.54, 1.807) is 6.20 Å². The van der Waals surface area contributed by atoms with E-state index in [2.05, 4.69) is 36.4 Å². The Kier molecular flexibility index (Phi) is 3.82. The fraction of sp³-hybridized carbons (Fsp3) is 0.846. The van der Waals surface area contributed by atoms with Gasteiger partial charge in [0.25, 0.3) is 0 Å². The lowest BCUT2D eigenvalue weighted by molar-refractivity contribution is 0.361. The van der Waals surface area contributed by atoms with Gasteiger partial charge in [0.2, 0.25) is 0 Å². The van der Waals surface area contributed by atoms with Crippen molar-refractivity contribution in [2.45, 2.75) is 52.6 Å². The van der Waals surface area contributed by atoms with Gasteiger partial charge in [0, 0.05) is 18.8 Å². The Balaban J connectivity index is 1.66. The minimum atomic E-state index is 0.517. The van der Waals surface area contributed by atoms with Crippen LogP contribution in [0, 0.1) is 11.3 Å². The molecule has 17 heavy (non-hydrogen) atoms. The second-order valence-electron chi connectivity index (χ2n) is 6.13. The first-order valence-electron chi connectivity index (χ1n) is 6.64. The van der Waals surface area contributed by atoms with Crippen molar-refractivity contribution in [3.8, 4) is 0 Å². The third kappa shape index (κ3) is 3.53. The normalized spacial score (nSPS) is 27.5. The number of hydrogen-bond acceptors (Lipinski definition) is 3. The zero-order valence-corrected chi connectivity index (χ0v) is 11.2. The highest BCUT2D eigenvalue weighted by atomic mass is 15.4. The number of rotatable bonds is 5. The lowest BCUT2D eigenvalue weighted by Crippen LogP contribution is -2.32. The SMILES string of the molecule is C[C@@H]1CC(C)(C)C[C@@H]1NCCCn1ccnn1. The lowest BCUT2D eigenvalue weighted by atomic mass is 9.91. The van der Waals surface area contributed by atoms with Crippen molar-refractivity contribution in [2.24, 2.45) is 11.3 Å². The van der Waals surface area contributed by atoms with Gasteiger partial charge in [-0.3, -0.25) is 4.68 Å². The van der Waals surface area contributed by atoms with Crippen molar-refractivity contribution in [1.82, 2.24) is 20.3 Å². The minimum Gasteiger partial charge on any atom is -0.314 e. The van der Waals surface area contributed by atoms with Crippen LogP contribution < -0.4 is 5.32 Å². The predicted octanol–water partition coefficient (Wildman–Crippen LogP) is 2.08. The van der Waals surface area contributed by atoms with Crippen LogP contribution in [0.3, 0.4) is 0 Å². The molecule has 2 atom stereocenters. The second kappa shape index (κ2) is 5.17.